The maximum absolute atomic E-state index is 8.72. The number of aliphatic hydroxyl groups is 1. The number of hydrogen-bond acceptors (Lipinski definition) is 1. The Morgan fingerprint density at radius 1 is 1.42 bits per heavy atom. The molecule has 0 aliphatic carbocycles. The van der Waals surface area contributed by atoms with Crippen LogP contribution in [-0.4, -0.2) is 32.6 Å². The fraction of sp³-hybridized carbons (Fsp3) is 0.111. The zero-order chi connectivity index (χ0) is 8.81. The van der Waals surface area contributed by atoms with E-state index in [9.17, 15) is 0 Å². The van der Waals surface area contributed by atoms with E-state index in [-0.39, 0.29) is 27.5 Å². The van der Waals surface area contributed by atoms with Crippen molar-refractivity contribution in [1.82, 2.24) is 0 Å². The van der Waals surface area contributed by atoms with Gasteiger partial charge in [-0.25, -0.2) is 0 Å². The second-order valence-corrected chi connectivity index (χ2v) is 5.86. The van der Waals surface area contributed by atoms with Gasteiger partial charge in [0.25, 0.3) is 0 Å². The first-order valence-electron chi connectivity index (χ1n) is 3.50. The van der Waals surface area contributed by atoms with Crippen LogP contribution in [0.5, 0.6) is 0 Å². The molecule has 1 N–H and O–H groups in total. The van der Waals surface area contributed by atoms with Crippen LogP contribution in [0.25, 0.3) is 0 Å². The van der Waals surface area contributed by atoms with Crippen molar-refractivity contribution in [2.75, 3.05) is 6.61 Å². The van der Waals surface area contributed by atoms with Gasteiger partial charge in [0.15, 0.2) is 0 Å². The van der Waals surface area contributed by atoms with E-state index in [2.05, 4.69) is 32.2 Å². The number of aliphatic hydroxyl groups excluding tert-OH is 1. The Bertz CT molecular complexity index is 258. The first kappa shape index (κ1) is 10.3. The van der Waals surface area contributed by atoms with Gasteiger partial charge < -0.3 is 0 Å². The second-order valence-electron chi connectivity index (χ2n) is 2.15. The zero-order valence-corrected chi connectivity index (χ0v) is 10.3. The molecule has 0 unspecified atom stereocenters. The molecule has 0 fully saturated rings. The molecule has 0 aromatic heterocycles. The molecule has 0 heterocycles. The van der Waals surface area contributed by atoms with Crippen LogP contribution in [0.3, 0.4) is 0 Å². The van der Waals surface area contributed by atoms with Gasteiger partial charge in [-0.15, -0.1) is 0 Å². The summed E-state index contributed by atoms with van der Waals surface area (Å²) >= 11 is 3.02. The average molecular weight is 341 g/mol. The number of halogens is 1. The van der Waals surface area contributed by atoms with E-state index in [1.54, 1.807) is 0 Å². The van der Waals surface area contributed by atoms with Crippen molar-refractivity contribution in [2.45, 2.75) is 0 Å². The Hall–Kier alpha value is 0.190. The second kappa shape index (κ2) is 5.77. The Morgan fingerprint density at radius 3 is 2.67 bits per heavy atom. The molecule has 0 spiro atoms. The molecular weight excluding hydrogens is 332 g/mol. The van der Waals surface area contributed by atoms with Gasteiger partial charge >= 0.3 is 91.1 Å². The van der Waals surface area contributed by atoms with Gasteiger partial charge in [-0.3, -0.25) is 0 Å². The first-order chi connectivity index (χ1) is 5.83. The molecule has 0 bridgehead atoms. The van der Waals surface area contributed by atoms with Crippen molar-refractivity contribution in [3.63, 3.8) is 0 Å². The molecule has 1 rings (SSSR count). The summed E-state index contributed by atoms with van der Waals surface area (Å²) in [5, 5.41) is 8.72. The van der Waals surface area contributed by atoms with Gasteiger partial charge in [0.05, 0.1) is 0 Å². The van der Waals surface area contributed by atoms with Gasteiger partial charge in [0.1, 0.15) is 0 Å². The van der Waals surface area contributed by atoms with Crippen LogP contribution in [0.2, 0.25) is 0 Å². The van der Waals surface area contributed by atoms with Crippen LogP contribution in [-0.2, 0) is 0 Å². The Kier molecular flexibility index (Phi) is 4.94. The third kappa shape index (κ3) is 3.73. The monoisotopic (exact) mass is 342 g/mol. The van der Waals surface area contributed by atoms with Gasteiger partial charge in [0.2, 0.25) is 0 Å². The Labute approximate surface area is 90.7 Å². The van der Waals surface area contributed by atoms with Crippen LogP contribution >= 0.6 is 15.9 Å². The summed E-state index contributed by atoms with van der Waals surface area (Å²) in [4.78, 5) is 0. The van der Waals surface area contributed by atoms with Gasteiger partial charge in [0, 0.05) is 0 Å². The van der Waals surface area contributed by atoms with E-state index in [1.165, 1.54) is 3.61 Å². The predicted octanol–water partition coefficient (Wildman–Crippen LogP) is 1.24. The summed E-state index contributed by atoms with van der Waals surface area (Å²) in [6, 6.07) is 10.3. The summed E-state index contributed by atoms with van der Waals surface area (Å²) in [6.07, 6.45) is 0. The summed E-state index contributed by atoms with van der Waals surface area (Å²) in [7, 11) is 0. The quantitative estimate of drug-likeness (QED) is 0.821. The fourth-order valence-corrected chi connectivity index (χ4v) is 3.16. The Balaban J connectivity index is 2.54. The molecule has 12 heavy (non-hydrogen) atoms. The SMILES string of the molecule is OC/C(Br)=C\[Te]c1ccccc1. The van der Waals surface area contributed by atoms with Crippen LogP contribution < -0.4 is 3.61 Å². The molecule has 0 radical (unpaired) electrons. The molecule has 0 aliphatic rings. The Morgan fingerprint density at radius 2 is 2.08 bits per heavy atom. The van der Waals surface area contributed by atoms with Crippen LogP contribution in [0.15, 0.2) is 38.9 Å². The number of benzene rings is 1. The normalized spacial score (nSPS) is 11.7. The van der Waals surface area contributed by atoms with Crippen LogP contribution in [0, 0.1) is 0 Å². The average Bonchev–Trinajstić information content (AvgIpc) is 2.16. The van der Waals surface area contributed by atoms with Crippen molar-refractivity contribution in [3.8, 4) is 0 Å². The summed E-state index contributed by atoms with van der Waals surface area (Å²) < 4.78 is 4.38. The molecule has 3 heteroatoms. The molecule has 64 valence electrons. The van der Waals surface area contributed by atoms with Gasteiger partial charge in [-0.05, 0) is 0 Å². The molecule has 1 nitrogen and oxygen atoms in total. The number of rotatable bonds is 3. The molecular formula is C9H9BrOTe. The van der Waals surface area contributed by atoms with Crippen LogP contribution in [0.1, 0.15) is 0 Å². The van der Waals surface area contributed by atoms with E-state index in [1.807, 2.05) is 18.2 Å². The van der Waals surface area contributed by atoms with Crippen molar-refractivity contribution in [2.24, 2.45) is 0 Å². The predicted molar refractivity (Wildman–Crippen MR) is 55.9 cm³/mol. The fourth-order valence-electron chi connectivity index (χ4n) is 0.668. The zero-order valence-electron chi connectivity index (χ0n) is 6.40. The third-order valence-electron chi connectivity index (χ3n) is 1.22. The molecule has 1 aromatic carbocycles. The molecule has 0 saturated carbocycles. The van der Waals surface area contributed by atoms with E-state index in [0.717, 1.165) is 4.48 Å². The standard InChI is InChI=1S/C9H9BrOTe/c10-8(6-11)7-12-9-4-2-1-3-5-9/h1-5,7,11H,6H2/b8-7+. The summed E-state index contributed by atoms with van der Waals surface area (Å²) in [5.74, 6) is 0. The van der Waals surface area contributed by atoms with Gasteiger partial charge in [-0.1, -0.05) is 0 Å². The minimum atomic E-state index is -0.262. The topological polar surface area (TPSA) is 20.2 Å². The van der Waals surface area contributed by atoms with Crippen molar-refractivity contribution >= 4 is 40.5 Å². The van der Waals surface area contributed by atoms with Crippen molar-refractivity contribution in [3.05, 3.63) is 38.9 Å². The summed E-state index contributed by atoms with van der Waals surface area (Å²) in [6.45, 7) is 0.109. The summed E-state index contributed by atoms with van der Waals surface area (Å²) in [5.41, 5.74) is 0. The minimum absolute atomic E-state index is 0.109. The van der Waals surface area contributed by atoms with Crippen molar-refractivity contribution in [1.29, 1.82) is 0 Å². The molecule has 0 saturated heterocycles. The first-order valence-corrected chi connectivity index (χ1v) is 6.80. The van der Waals surface area contributed by atoms with Crippen molar-refractivity contribution < 1.29 is 5.11 Å². The van der Waals surface area contributed by atoms with E-state index in [4.69, 9.17) is 5.11 Å². The number of hydrogen-bond donors (Lipinski definition) is 1. The molecule has 0 atom stereocenters. The van der Waals surface area contributed by atoms with E-state index < -0.39 is 0 Å². The molecule has 0 amide bonds. The third-order valence-corrected chi connectivity index (χ3v) is 5.34. The van der Waals surface area contributed by atoms with E-state index >= 15 is 0 Å². The maximum atomic E-state index is 8.72. The van der Waals surface area contributed by atoms with E-state index in [0.29, 0.717) is 0 Å². The van der Waals surface area contributed by atoms with Gasteiger partial charge in [-0.2, -0.15) is 0 Å². The van der Waals surface area contributed by atoms with Crippen LogP contribution in [0.4, 0.5) is 0 Å². The molecule has 0 aliphatic heterocycles. The molecule has 1 aromatic rings.